The van der Waals surface area contributed by atoms with E-state index in [9.17, 15) is 0 Å². The summed E-state index contributed by atoms with van der Waals surface area (Å²) in [5.41, 5.74) is 17.6. The highest BCUT2D eigenvalue weighted by molar-refractivity contribution is 6.14. The van der Waals surface area contributed by atoms with Crippen LogP contribution in [0.1, 0.15) is 25.0 Å². The number of hydrogen-bond donors (Lipinski definition) is 0. The first-order valence-corrected chi connectivity index (χ1v) is 21.2. The van der Waals surface area contributed by atoms with Gasteiger partial charge in [-0.15, -0.1) is 0 Å². The predicted molar refractivity (Wildman–Crippen MR) is 256 cm³/mol. The van der Waals surface area contributed by atoms with Crippen molar-refractivity contribution in [1.29, 1.82) is 0 Å². The molecule has 0 spiro atoms. The fraction of sp³-hybridized carbons (Fsp3) is 0.0526. The molecule has 0 saturated carbocycles. The Labute approximate surface area is 360 Å². The van der Waals surface area contributed by atoms with Gasteiger partial charge in [0.05, 0.1) is 16.6 Å². The molecule has 3 aromatic heterocycles. The van der Waals surface area contributed by atoms with Crippen molar-refractivity contribution in [2.45, 2.75) is 19.3 Å². The Morgan fingerprint density at radius 2 is 1.05 bits per heavy atom. The number of hydrogen-bond acceptors (Lipinski definition) is 3. The third kappa shape index (κ3) is 5.70. The first-order chi connectivity index (χ1) is 30.5. The van der Waals surface area contributed by atoms with Gasteiger partial charge in [-0.25, -0.2) is 9.97 Å². The third-order valence-electron chi connectivity index (χ3n) is 12.9. The maximum Gasteiger partial charge on any atom is 0.159 e. The SMILES string of the molecule is CC1(C)c2ccccc2-c2ccc(N(c3ccc(-c4ccc5c(c4)c4cc6ccn(-c7ccccc7)c6cc4n5-c4ccccc4)cc3)c3ccc(-c4ncccn4)cc3)cc21. The van der Waals surface area contributed by atoms with E-state index < -0.39 is 0 Å². The Balaban J connectivity index is 0.971. The monoisotopic (exact) mass is 795 g/mol. The van der Waals surface area contributed by atoms with Crippen molar-refractivity contribution in [2.24, 2.45) is 0 Å². The van der Waals surface area contributed by atoms with E-state index in [4.69, 9.17) is 0 Å². The molecule has 0 fully saturated rings. The van der Waals surface area contributed by atoms with Gasteiger partial charge >= 0.3 is 0 Å². The number of rotatable bonds is 7. The number of para-hydroxylation sites is 2. The molecular formula is C57H41N5. The van der Waals surface area contributed by atoms with E-state index in [0.717, 1.165) is 39.6 Å². The van der Waals surface area contributed by atoms with Gasteiger partial charge in [-0.2, -0.15) is 0 Å². The normalized spacial score (nSPS) is 12.8. The maximum atomic E-state index is 4.50. The summed E-state index contributed by atoms with van der Waals surface area (Å²) < 4.78 is 4.69. The van der Waals surface area contributed by atoms with Crippen molar-refractivity contribution in [3.05, 3.63) is 224 Å². The lowest BCUT2D eigenvalue weighted by Crippen LogP contribution is -2.16. The number of fused-ring (bicyclic) bond motifs is 7. The molecule has 62 heavy (non-hydrogen) atoms. The molecule has 0 radical (unpaired) electrons. The van der Waals surface area contributed by atoms with E-state index >= 15 is 0 Å². The molecule has 0 unspecified atom stereocenters. The lowest BCUT2D eigenvalue weighted by atomic mass is 9.82. The number of anilines is 3. The number of benzene rings is 8. The molecule has 0 N–H and O–H groups in total. The highest BCUT2D eigenvalue weighted by Gasteiger charge is 2.35. The molecule has 0 aliphatic heterocycles. The first-order valence-electron chi connectivity index (χ1n) is 21.2. The highest BCUT2D eigenvalue weighted by Crippen LogP contribution is 2.51. The fourth-order valence-electron chi connectivity index (χ4n) is 9.79. The average Bonchev–Trinajstić information content (AvgIpc) is 3.97. The minimum Gasteiger partial charge on any atom is -0.316 e. The summed E-state index contributed by atoms with van der Waals surface area (Å²) in [7, 11) is 0. The van der Waals surface area contributed by atoms with Gasteiger partial charge in [-0.1, -0.05) is 98.8 Å². The molecular weight excluding hydrogens is 755 g/mol. The van der Waals surface area contributed by atoms with Crippen LogP contribution in [0.2, 0.25) is 0 Å². The highest BCUT2D eigenvalue weighted by atomic mass is 15.1. The quantitative estimate of drug-likeness (QED) is 0.161. The molecule has 12 rings (SSSR count). The second-order valence-electron chi connectivity index (χ2n) is 16.8. The van der Waals surface area contributed by atoms with Crippen LogP contribution in [0, 0.1) is 0 Å². The van der Waals surface area contributed by atoms with Crippen LogP contribution < -0.4 is 4.90 Å². The van der Waals surface area contributed by atoms with E-state index in [2.05, 4.69) is 232 Å². The molecule has 0 bridgehead atoms. The molecule has 294 valence electrons. The first kappa shape index (κ1) is 35.9. The van der Waals surface area contributed by atoms with Gasteiger partial charge in [0.25, 0.3) is 0 Å². The van der Waals surface area contributed by atoms with Crippen molar-refractivity contribution in [3.63, 3.8) is 0 Å². The lowest BCUT2D eigenvalue weighted by molar-refractivity contribution is 0.660. The summed E-state index contributed by atoms with van der Waals surface area (Å²) in [6.07, 6.45) is 5.76. The Hall–Kier alpha value is -8.02. The molecule has 1 aliphatic carbocycles. The zero-order chi connectivity index (χ0) is 41.4. The van der Waals surface area contributed by atoms with E-state index in [0.29, 0.717) is 5.82 Å². The molecule has 0 atom stereocenters. The van der Waals surface area contributed by atoms with E-state index in [-0.39, 0.29) is 5.41 Å². The third-order valence-corrected chi connectivity index (χ3v) is 12.9. The zero-order valence-electron chi connectivity index (χ0n) is 34.4. The minimum absolute atomic E-state index is 0.119. The summed E-state index contributed by atoms with van der Waals surface area (Å²) in [6.45, 7) is 4.68. The van der Waals surface area contributed by atoms with Crippen LogP contribution in [0.4, 0.5) is 17.1 Å². The van der Waals surface area contributed by atoms with Crippen LogP contribution in [0.3, 0.4) is 0 Å². The number of nitrogens with zero attached hydrogens (tertiary/aromatic N) is 5. The van der Waals surface area contributed by atoms with Crippen molar-refractivity contribution < 1.29 is 0 Å². The van der Waals surface area contributed by atoms with Crippen LogP contribution in [-0.2, 0) is 5.41 Å². The van der Waals surface area contributed by atoms with Gasteiger partial charge in [0.2, 0.25) is 0 Å². The summed E-state index contributed by atoms with van der Waals surface area (Å²) in [4.78, 5) is 11.4. The second kappa shape index (κ2) is 14.0. The molecule has 5 nitrogen and oxygen atoms in total. The standard InChI is InChI=1S/C57H41N5/c1-57(2)51-17-10-9-16-47(51)48-28-27-46(36-52(48)57)61(45-25-20-39(21-26-45)56-58-31-11-32-59-56)44-23-18-38(19-24-44)40-22-29-53-49(34-40)50-35-41-30-33-60(42-12-5-3-6-13-42)54(41)37-55(50)62(53)43-14-7-4-8-15-43/h3-37H,1-2H3. The average molecular weight is 796 g/mol. The van der Waals surface area contributed by atoms with Crippen molar-refractivity contribution >= 4 is 49.8 Å². The predicted octanol–water partition coefficient (Wildman–Crippen LogP) is 14.6. The van der Waals surface area contributed by atoms with Crippen molar-refractivity contribution in [1.82, 2.24) is 19.1 Å². The molecule has 0 amide bonds. The van der Waals surface area contributed by atoms with Gasteiger partial charge in [0, 0.05) is 74.2 Å². The summed E-state index contributed by atoms with van der Waals surface area (Å²) >= 11 is 0. The fourth-order valence-corrected chi connectivity index (χ4v) is 9.79. The van der Waals surface area contributed by atoms with Crippen LogP contribution in [-0.4, -0.2) is 19.1 Å². The van der Waals surface area contributed by atoms with Crippen LogP contribution in [0.25, 0.3) is 77.7 Å². The maximum absolute atomic E-state index is 4.50. The number of aromatic nitrogens is 4. The Morgan fingerprint density at radius 3 is 1.79 bits per heavy atom. The molecule has 8 aromatic carbocycles. The summed E-state index contributed by atoms with van der Waals surface area (Å²) in [5, 5.41) is 3.68. The van der Waals surface area contributed by atoms with Crippen molar-refractivity contribution in [2.75, 3.05) is 4.90 Å². The van der Waals surface area contributed by atoms with Gasteiger partial charge in [0.15, 0.2) is 5.82 Å². The van der Waals surface area contributed by atoms with Gasteiger partial charge in [-0.3, -0.25) is 0 Å². The second-order valence-corrected chi connectivity index (χ2v) is 16.8. The molecule has 11 aromatic rings. The van der Waals surface area contributed by atoms with Gasteiger partial charge in [-0.05, 0) is 143 Å². The summed E-state index contributed by atoms with van der Waals surface area (Å²) in [5.74, 6) is 0.714. The Morgan fingerprint density at radius 1 is 0.435 bits per heavy atom. The van der Waals surface area contributed by atoms with Gasteiger partial charge in [0.1, 0.15) is 0 Å². The zero-order valence-corrected chi connectivity index (χ0v) is 34.4. The molecule has 0 saturated heterocycles. The Kier molecular flexibility index (Phi) is 8.12. The Bertz CT molecular complexity index is 3460. The van der Waals surface area contributed by atoms with E-state index in [1.807, 2.05) is 6.07 Å². The smallest absolute Gasteiger partial charge is 0.159 e. The van der Waals surface area contributed by atoms with Gasteiger partial charge < -0.3 is 14.0 Å². The lowest BCUT2D eigenvalue weighted by Gasteiger charge is -2.28. The van der Waals surface area contributed by atoms with Crippen LogP contribution in [0.15, 0.2) is 213 Å². The van der Waals surface area contributed by atoms with Crippen LogP contribution in [0.5, 0.6) is 0 Å². The van der Waals surface area contributed by atoms with E-state index in [1.54, 1.807) is 12.4 Å². The largest absolute Gasteiger partial charge is 0.316 e. The van der Waals surface area contributed by atoms with Crippen LogP contribution >= 0.6 is 0 Å². The molecule has 3 heterocycles. The summed E-state index contributed by atoms with van der Waals surface area (Å²) in [6, 6.07) is 70.4. The topological polar surface area (TPSA) is 38.9 Å². The van der Waals surface area contributed by atoms with Crippen molar-refractivity contribution in [3.8, 4) is 45.0 Å². The molecule has 5 heteroatoms. The van der Waals surface area contributed by atoms with E-state index in [1.165, 1.54) is 60.5 Å². The minimum atomic E-state index is -0.119. The molecule has 1 aliphatic rings.